The van der Waals surface area contributed by atoms with Crippen LogP contribution in [0.15, 0.2) is 12.5 Å². The van der Waals surface area contributed by atoms with Gasteiger partial charge in [0.25, 0.3) is 0 Å². The number of esters is 1. The topological polar surface area (TPSA) is 35.1 Å². The molecular weight excluding hydrogens is 332 g/mol. The molecule has 0 bridgehead atoms. The summed E-state index contributed by atoms with van der Waals surface area (Å²) in [6.45, 7) is 6.53. The van der Waals surface area contributed by atoms with Crippen molar-refractivity contribution in [3.05, 3.63) is 18.2 Å². The normalized spacial score (nSPS) is 10.2. The van der Waals surface area contributed by atoms with Crippen LogP contribution >= 0.6 is 0 Å². The van der Waals surface area contributed by atoms with Gasteiger partial charge in [0.15, 0.2) is 0 Å². The van der Waals surface area contributed by atoms with E-state index < -0.39 is 0 Å². The Bertz CT molecular complexity index is 405. The highest BCUT2D eigenvalue weighted by Gasteiger charge is 2.14. The summed E-state index contributed by atoms with van der Waals surface area (Å²) in [7, 11) is 1.45. The van der Waals surface area contributed by atoms with Gasteiger partial charge in [0.05, 0.1) is 26.6 Å². The first-order valence-corrected chi connectivity index (χ1v) is 7.86. The Kier molecular flexibility index (Phi) is 11.3. The van der Waals surface area contributed by atoms with Crippen LogP contribution in [0.3, 0.4) is 0 Å². The third-order valence-corrected chi connectivity index (χ3v) is 3.56. The molecule has 0 spiro atoms. The Morgan fingerprint density at radius 3 is 2.57 bits per heavy atom. The fraction of sp³-hybridized carbons (Fsp3) is 0.750. The van der Waals surface area contributed by atoms with E-state index in [2.05, 4.69) is 35.5 Å². The van der Waals surface area contributed by atoms with Crippen molar-refractivity contribution in [1.29, 1.82) is 0 Å². The summed E-state index contributed by atoms with van der Waals surface area (Å²) in [5.74, 6) is -0.133. The number of halogens is 1. The van der Waals surface area contributed by atoms with Crippen LogP contribution in [0.4, 0.5) is 0 Å². The Hall–Kier alpha value is -0.840. The van der Waals surface area contributed by atoms with Crippen molar-refractivity contribution in [3.63, 3.8) is 0 Å². The molecule has 0 aliphatic carbocycles. The molecule has 0 aromatic carbocycles. The van der Waals surface area contributed by atoms with Crippen LogP contribution in [-0.4, -0.2) is 17.6 Å². The largest absolute Gasteiger partial charge is 1.00 e. The second-order valence-corrected chi connectivity index (χ2v) is 5.30. The van der Waals surface area contributed by atoms with Gasteiger partial charge >= 0.3 is 5.97 Å². The van der Waals surface area contributed by atoms with Crippen molar-refractivity contribution < 1.29 is 31.1 Å². The molecular formula is C16H29BrN2O2. The van der Waals surface area contributed by atoms with Crippen LogP contribution in [0.25, 0.3) is 0 Å². The van der Waals surface area contributed by atoms with E-state index in [0.717, 1.165) is 19.5 Å². The van der Waals surface area contributed by atoms with Gasteiger partial charge < -0.3 is 21.7 Å². The number of hydrogen-bond donors (Lipinski definition) is 0. The minimum Gasteiger partial charge on any atom is -1.00 e. The molecule has 0 unspecified atom stereocenters. The standard InChI is InChI=1S/C16H29N2O2.BrH/c1-4-6-8-12-18-14-17(11-7-5-2)13-15(18)9-10-16(19)20-3;/h13-14H,4-12H2,1-3H3;1H/q+1;/p-1. The number of unbranched alkanes of at least 4 members (excludes halogenated alkanes) is 3. The summed E-state index contributed by atoms with van der Waals surface area (Å²) in [5.41, 5.74) is 1.24. The SMILES string of the molecule is CCCCC[n+]1cn(CCCC)cc1CCC(=O)OC.[Br-]. The van der Waals surface area contributed by atoms with Gasteiger partial charge in [-0.1, -0.05) is 26.7 Å². The zero-order valence-corrected chi connectivity index (χ0v) is 15.2. The Labute approximate surface area is 139 Å². The van der Waals surface area contributed by atoms with Gasteiger partial charge in [0.2, 0.25) is 6.33 Å². The van der Waals surface area contributed by atoms with Crippen molar-refractivity contribution in [2.75, 3.05) is 7.11 Å². The first-order chi connectivity index (χ1) is 9.71. The van der Waals surface area contributed by atoms with Gasteiger partial charge in [0, 0.05) is 6.42 Å². The van der Waals surface area contributed by atoms with Gasteiger partial charge in [0.1, 0.15) is 11.9 Å². The highest BCUT2D eigenvalue weighted by Crippen LogP contribution is 2.04. The molecule has 0 aliphatic rings. The maximum absolute atomic E-state index is 11.3. The van der Waals surface area contributed by atoms with Gasteiger partial charge in [-0.05, 0) is 19.3 Å². The number of aryl methyl sites for hydroxylation is 3. The Morgan fingerprint density at radius 2 is 1.95 bits per heavy atom. The number of methoxy groups -OCH3 is 1. The summed E-state index contributed by atoms with van der Waals surface area (Å²) in [5, 5.41) is 0. The first-order valence-electron chi connectivity index (χ1n) is 7.86. The second-order valence-electron chi connectivity index (χ2n) is 5.30. The lowest BCUT2D eigenvalue weighted by molar-refractivity contribution is -0.703. The number of ether oxygens (including phenoxy) is 1. The molecule has 1 rings (SSSR count). The Morgan fingerprint density at radius 1 is 1.24 bits per heavy atom. The van der Waals surface area contributed by atoms with Gasteiger partial charge in [-0.2, -0.15) is 0 Å². The first kappa shape index (κ1) is 20.2. The molecule has 1 heterocycles. The fourth-order valence-electron chi connectivity index (χ4n) is 2.29. The van der Waals surface area contributed by atoms with Crippen LogP contribution < -0.4 is 21.5 Å². The molecule has 1 aromatic rings. The molecule has 4 nitrogen and oxygen atoms in total. The van der Waals surface area contributed by atoms with Gasteiger partial charge in [-0.15, -0.1) is 0 Å². The summed E-state index contributed by atoms with van der Waals surface area (Å²) in [6, 6.07) is 0. The maximum atomic E-state index is 11.3. The Balaban J connectivity index is 0.00000400. The van der Waals surface area contributed by atoms with Crippen molar-refractivity contribution in [1.82, 2.24) is 4.57 Å². The molecule has 0 radical (unpaired) electrons. The zero-order valence-electron chi connectivity index (χ0n) is 13.6. The summed E-state index contributed by atoms with van der Waals surface area (Å²) >= 11 is 0. The number of rotatable bonds is 10. The quantitative estimate of drug-likeness (QED) is 0.331. The minimum absolute atomic E-state index is 0. The van der Waals surface area contributed by atoms with E-state index in [9.17, 15) is 4.79 Å². The van der Waals surface area contributed by atoms with E-state index in [1.54, 1.807) is 0 Å². The predicted octanol–water partition coefficient (Wildman–Crippen LogP) is -0.124. The summed E-state index contributed by atoms with van der Waals surface area (Å²) in [6.07, 6.45) is 11.7. The highest BCUT2D eigenvalue weighted by atomic mass is 79.9. The van der Waals surface area contributed by atoms with E-state index >= 15 is 0 Å². The van der Waals surface area contributed by atoms with Crippen molar-refractivity contribution in [2.45, 2.75) is 71.9 Å². The van der Waals surface area contributed by atoms with Crippen LogP contribution in [0.5, 0.6) is 0 Å². The smallest absolute Gasteiger partial charge is 0.305 e. The molecule has 1 aromatic heterocycles. The lowest BCUT2D eigenvalue weighted by atomic mass is 10.2. The number of aromatic nitrogens is 2. The third kappa shape index (κ3) is 7.65. The average Bonchev–Trinajstić information content (AvgIpc) is 2.85. The van der Waals surface area contributed by atoms with E-state index in [1.807, 2.05) is 0 Å². The van der Waals surface area contributed by atoms with Crippen LogP contribution in [0, 0.1) is 0 Å². The molecule has 0 saturated carbocycles. The molecule has 5 heteroatoms. The molecule has 122 valence electrons. The molecule has 0 N–H and O–H groups in total. The number of carbonyl (C=O) groups is 1. The van der Waals surface area contributed by atoms with Crippen LogP contribution in [-0.2, 0) is 29.0 Å². The van der Waals surface area contributed by atoms with Crippen molar-refractivity contribution >= 4 is 5.97 Å². The molecule has 0 saturated heterocycles. The molecule has 0 amide bonds. The monoisotopic (exact) mass is 360 g/mol. The molecule has 21 heavy (non-hydrogen) atoms. The van der Waals surface area contributed by atoms with E-state index in [1.165, 1.54) is 44.9 Å². The zero-order chi connectivity index (χ0) is 14.8. The predicted molar refractivity (Wildman–Crippen MR) is 79.4 cm³/mol. The maximum Gasteiger partial charge on any atom is 0.305 e. The molecule has 0 atom stereocenters. The summed E-state index contributed by atoms with van der Waals surface area (Å²) in [4.78, 5) is 11.3. The molecule has 0 aliphatic heterocycles. The van der Waals surface area contributed by atoms with Crippen molar-refractivity contribution in [2.24, 2.45) is 0 Å². The van der Waals surface area contributed by atoms with Crippen LogP contribution in [0.2, 0.25) is 0 Å². The van der Waals surface area contributed by atoms with E-state index in [4.69, 9.17) is 4.74 Å². The van der Waals surface area contributed by atoms with Crippen molar-refractivity contribution in [3.8, 4) is 0 Å². The number of hydrogen-bond acceptors (Lipinski definition) is 2. The lowest BCUT2D eigenvalue weighted by Crippen LogP contribution is -3.00. The molecule has 0 fully saturated rings. The average molecular weight is 361 g/mol. The third-order valence-electron chi connectivity index (χ3n) is 3.56. The number of imidazole rings is 1. The lowest BCUT2D eigenvalue weighted by Gasteiger charge is -2.01. The van der Waals surface area contributed by atoms with Gasteiger partial charge in [-0.25, -0.2) is 9.13 Å². The van der Waals surface area contributed by atoms with E-state index in [0.29, 0.717) is 6.42 Å². The van der Waals surface area contributed by atoms with E-state index in [-0.39, 0.29) is 23.0 Å². The fourth-order valence-corrected chi connectivity index (χ4v) is 2.29. The minimum atomic E-state index is -0.133. The van der Waals surface area contributed by atoms with Crippen LogP contribution in [0.1, 0.15) is 58.1 Å². The second kappa shape index (κ2) is 11.8. The van der Waals surface area contributed by atoms with Gasteiger partial charge in [-0.3, -0.25) is 4.79 Å². The number of carbonyl (C=O) groups excluding carboxylic acids is 1. The highest BCUT2D eigenvalue weighted by molar-refractivity contribution is 5.69. The number of nitrogens with zero attached hydrogens (tertiary/aromatic N) is 2. The summed E-state index contributed by atoms with van der Waals surface area (Å²) < 4.78 is 9.28.